The zero-order valence-corrected chi connectivity index (χ0v) is 13.4. The summed E-state index contributed by atoms with van der Waals surface area (Å²) in [6, 6.07) is 13.4. The number of carbonyl (C=O) groups excluding carboxylic acids is 1. The highest BCUT2D eigenvalue weighted by atomic mass is 79.9. The summed E-state index contributed by atoms with van der Waals surface area (Å²) in [5.41, 5.74) is 1.50. The van der Waals surface area contributed by atoms with E-state index in [1.807, 2.05) is 43.3 Å². The molecule has 4 heteroatoms. The smallest absolute Gasteiger partial charge is 0.153 e. The number of ether oxygens (including phenoxy) is 2. The number of carbonyl (C=O) groups is 1. The van der Waals surface area contributed by atoms with Crippen molar-refractivity contribution >= 4 is 22.2 Å². The molecule has 0 aliphatic carbocycles. The van der Waals surface area contributed by atoms with Gasteiger partial charge in [-0.3, -0.25) is 4.79 Å². The van der Waals surface area contributed by atoms with Gasteiger partial charge < -0.3 is 9.47 Å². The van der Waals surface area contributed by atoms with Crippen molar-refractivity contribution in [3.05, 3.63) is 58.1 Å². The van der Waals surface area contributed by atoms with Crippen LogP contribution in [0.1, 0.15) is 22.3 Å². The van der Waals surface area contributed by atoms with Crippen molar-refractivity contribution in [2.45, 2.75) is 13.3 Å². The maximum atomic E-state index is 11.1. The topological polar surface area (TPSA) is 35.5 Å². The predicted octanol–water partition coefficient (Wildman–Crippen LogP) is 4.42. The number of para-hydroxylation sites is 1. The fourth-order valence-electron chi connectivity index (χ4n) is 1.98. The van der Waals surface area contributed by atoms with Crippen LogP contribution in [0.3, 0.4) is 0 Å². The molecule has 2 aromatic rings. The summed E-state index contributed by atoms with van der Waals surface area (Å²) in [6.45, 7) is 3.01. The Labute approximate surface area is 133 Å². The zero-order chi connectivity index (χ0) is 15.1. The molecule has 0 radical (unpaired) electrons. The van der Waals surface area contributed by atoms with E-state index in [2.05, 4.69) is 15.9 Å². The molecule has 0 N–H and O–H groups in total. The number of halogens is 1. The van der Waals surface area contributed by atoms with Gasteiger partial charge in [-0.2, -0.15) is 0 Å². The first-order valence-corrected chi connectivity index (χ1v) is 7.56. The van der Waals surface area contributed by atoms with E-state index in [9.17, 15) is 4.79 Å². The summed E-state index contributed by atoms with van der Waals surface area (Å²) >= 11 is 3.37. The van der Waals surface area contributed by atoms with E-state index in [0.29, 0.717) is 24.5 Å². The molecule has 2 aromatic carbocycles. The number of aryl methyl sites for hydroxylation is 1. The molecule has 0 bridgehead atoms. The summed E-state index contributed by atoms with van der Waals surface area (Å²) < 4.78 is 12.2. The molecule has 110 valence electrons. The number of aldehydes is 1. The average Bonchev–Trinajstić information content (AvgIpc) is 2.49. The van der Waals surface area contributed by atoms with E-state index in [-0.39, 0.29) is 0 Å². The van der Waals surface area contributed by atoms with Crippen LogP contribution in [0.4, 0.5) is 0 Å². The van der Waals surface area contributed by atoms with Crippen molar-refractivity contribution in [1.82, 2.24) is 0 Å². The molecule has 0 fully saturated rings. The van der Waals surface area contributed by atoms with Gasteiger partial charge in [0.2, 0.25) is 0 Å². The van der Waals surface area contributed by atoms with Gasteiger partial charge in [0.05, 0.1) is 18.8 Å². The number of rotatable bonds is 7. The summed E-state index contributed by atoms with van der Waals surface area (Å²) in [5, 5.41) is 0. The minimum Gasteiger partial charge on any atom is -0.493 e. The molecule has 3 nitrogen and oxygen atoms in total. The van der Waals surface area contributed by atoms with Gasteiger partial charge in [-0.15, -0.1) is 0 Å². The Bertz CT molecular complexity index is 596. The molecule has 0 amide bonds. The van der Waals surface area contributed by atoms with Gasteiger partial charge in [-0.1, -0.05) is 34.1 Å². The third-order valence-corrected chi connectivity index (χ3v) is 3.40. The average molecular weight is 349 g/mol. The normalized spacial score (nSPS) is 10.2. The van der Waals surface area contributed by atoms with Crippen LogP contribution in [0.2, 0.25) is 0 Å². The lowest BCUT2D eigenvalue weighted by Gasteiger charge is -2.12. The van der Waals surface area contributed by atoms with Gasteiger partial charge in [0.25, 0.3) is 0 Å². The highest BCUT2D eigenvalue weighted by Gasteiger charge is 2.08. The maximum Gasteiger partial charge on any atom is 0.153 e. The lowest BCUT2D eigenvalue weighted by Crippen LogP contribution is -2.07. The molecule has 0 saturated carbocycles. The monoisotopic (exact) mass is 348 g/mol. The Hall–Kier alpha value is -1.81. The van der Waals surface area contributed by atoms with Gasteiger partial charge in [0.1, 0.15) is 11.5 Å². The minimum atomic E-state index is 0.510. The quantitative estimate of drug-likeness (QED) is 0.548. The lowest BCUT2D eigenvalue weighted by atomic mass is 10.1. The first kappa shape index (κ1) is 15.6. The van der Waals surface area contributed by atoms with Gasteiger partial charge >= 0.3 is 0 Å². The summed E-state index contributed by atoms with van der Waals surface area (Å²) in [6.07, 6.45) is 1.57. The van der Waals surface area contributed by atoms with Crippen molar-refractivity contribution in [2.24, 2.45) is 0 Å². The Morgan fingerprint density at radius 3 is 2.52 bits per heavy atom. The first-order chi connectivity index (χ1) is 10.2. The van der Waals surface area contributed by atoms with Crippen molar-refractivity contribution in [3.63, 3.8) is 0 Å². The Morgan fingerprint density at radius 2 is 1.81 bits per heavy atom. The molecule has 0 aliphatic rings. The minimum absolute atomic E-state index is 0.510. The highest BCUT2D eigenvalue weighted by molar-refractivity contribution is 9.10. The number of benzene rings is 2. The van der Waals surface area contributed by atoms with E-state index in [1.165, 1.54) is 0 Å². The van der Waals surface area contributed by atoms with Crippen LogP contribution < -0.4 is 9.47 Å². The van der Waals surface area contributed by atoms with Crippen molar-refractivity contribution in [1.29, 1.82) is 0 Å². The van der Waals surface area contributed by atoms with Gasteiger partial charge in [-0.05, 0) is 36.8 Å². The van der Waals surface area contributed by atoms with Crippen LogP contribution in [0, 0.1) is 6.92 Å². The second-order valence-corrected chi connectivity index (χ2v) is 5.54. The van der Waals surface area contributed by atoms with E-state index < -0.39 is 0 Å². The molecule has 2 rings (SSSR count). The number of hydrogen-bond donors (Lipinski definition) is 0. The van der Waals surface area contributed by atoms with Gasteiger partial charge in [0, 0.05) is 10.9 Å². The molecular weight excluding hydrogens is 332 g/mol. The largest absolute Gasteiger partial charge is 0.493 e. The highest BCUT2D eigenvalue weighted by Crippen LogP contribution is 2.27. The molecule has 0 aliphatic heterocycles. The lowest BCUT2D eigenvalue weighted by molar-refractivity contribution is 0.111. The fraction of sp³-hybridized carbons (Fsp3) is 0.235. The molecule has 0 saturated heterocycles. The van der Waals surface area contributed by atoms with Crippen LogP contribution >= 0.6 is 15.9 Å². The maximum absolute atomic E-state index is 11.1. The summed E-state index contributed by atoms with van der Waals surface area (Å²) in [4.78, 5) is 11.1. The number of hydrogen-bond acceptors (Lipinski definition) is 3. The van der Waals surface area contributed by atoms with Gasteiger partial charge in [-0.25, -0.2) is 0 Å². The van der Waals surface area contributed by atoms with E-state index in [1.54, 1.807) is 6.07 Å². The third kappa shape index (κ3) is 4.60. The first-order valence-electron chi connectivity index (χ1n) is 6.76. The SMILES string of the molecule is Cc1cc(Br)cc(C=O)c1OCCCOc1ccccc1. The Kier molecular flexibility index (Phi) is 5.81. The molecule has 0 heterocycles. The second kappa shape index (κ2) is 7.84. The molecule has 0 atom stereocenters. The van der Waals surface area contributed by atoms with Crippen LogP contribution in [0.25, 0.3) is 0 Å². The molecular formula is C17H17BrO3. The van der Waals surface area contributed by atoms with Crippen molar-refractivity contribution in [3.8, 4) is 11.5 Å². The van der Waals surface area contributed by atoms with E-state index >= 15 is 0 Å². The molecule has 0 unspecified atom stereocenters. The third-order valence-electron chi connectivity index (χ3n) is 2.94. The molecule has 0 spiro atoms. The van der Waals surface area contributed by atoms with Crippen LogP contribution in [0.15, 0.2) is 46.9 Å². The second-order valence-electron chi connectivity index (χ2n) is 4.62. The Balaban J connectivity index is 1.82. The summed E-state index contributed by atoms with van der Waals surface area (Å²) in [5.74, 6) is 1.50. The Morgan fingerprint density at radius 1 is 1.10 bits per heavy atom. The van der Waals surface area contributed by atoms with E-state index in [0.717, 1.165) is 28.5 Å². The van der Waals surface area contributed by atoms with Crippen molar-refractivity contribution < 1.29 is 14.3 Å². The van der Waals surface area contributed by atoms with Crippen LogP contribution in [-0.2, 0) is 0 Å². The van der Waals surface area contributed by atoms with Crippen molar-refractivity contribution in [2.75, 3.05) is 13.2 Å². The van der Waals surface area contributed by atoms with Gasteiger partial charge in [0.15, 0.2) is 6.29 Å². The van der Waals surface area contributed by atoms with Crippen LogP contribution in [-0.4, -0.2) is 19.5 Å². The van der Waals surface area contributed by atoms with Crippen LogP contribution in [0.5, 0.6) is 11.5 Å². The molecule has 21 heavy (non-hydrogen) atoms. The standard InChI is InChI=1S/C17H17BrO3/c1-13-10-15(18)11-14(12-19)17(13)21-9-5-8-20-16-6-3-2-4-7-16/h2-4,6-7,10-12H,5,8-9H2,1H3. The predicted molar refractivity (Wildman–Crippen MR) is 86.3 cm³/mol. The summed E-state index contributed by atoms with van der Waals surface area (Å²) in [7, 11) is 0. The van der Waals surface area contributed by atoms with E-state index in [4.69, 9.17) is 9.47 Å². The fourth-order valence-corrected chi connectivity index (χ4v) is 2.57. The zero-order valence-electron chi connectivity index (χ0n) is 11.8. The molecule has 0 aromatic heterocycles.